The number of ether oxygens (including phenoxy) is 1. The number of hydrogen-bond donors (Lipinski definition) is 1. The minimum atomic E-state index is -4.36. The summed E-state index contributed by atoms with van der Waals surface area (Å²) >= 11 is 0. The molecular weight excluding hydrogens is 415 g/mol. The van der Waals surface area contributed by atoms with Gasteiger partial charge in [-0.05, 0) is 54.9 Å². The van der Waals surface area contributed by atoms with Gasteiger partial charge in [-0.2, -0.15) is 23.0 Å². The van der Waals surface area contributed by atoms with E-state index < -0.39 is 17.7 Å². The molecule has 1 aromatic heterocycles. The van der Waals surface area contributed by atoms with Crippen LogP contribution in [-0.2, 0) is 17.5 Å². The van der Waals surface area contributed by atoms with Gasteiger partial charge in [-0.15, -0.1) is 0 Å². The summed E-state index contributed by atoms with van der Waals surface area (Å²) in [6, 6.07) is 4.98. The molecule has 10 heteroatoms. The molecule has 1 aliphatic heterocycles. The largest absolute Gasteiger partial charge is 0.476 e. The molecule has 0 spiro atoms. The van der Waals surface area contributed by atoms with Crippen LogP contribution in [0.15, 0.2) is 30.5 Å². The first-order valence-corrected chi connectivity index (χ1v) is 9.98. The van der Waals surface area contributed by atoms with Crippen LogP contribution in [0.1, 0.15) is 40.0 Å². The van der Waals surface area contributed by atoms with E-state index in [9.17, 15) is 22.8 Å². The van der Waals surface area contributed by atoms with Crippen LogP contribution in [0.25, 0.3) is 0 Å². The monoisotopic (exact) mass is 437 g/mol. The number of aromatic nitrogens is 2. The molecule has 166 valence electrons. The fraction of sp³-hybridized carbons (Fsp3) is 0.476. The third-order valence-electron chi connectivity index (χ3n) is 6.06. The normalized spacial score (nSPS) is 23.2. The number of benzene rings is 1. The maximum absolute atomic E-state index is 12.9. The Bertz CT molecular complexity index is 990. The van der Waals surface area contributed by atoms with Crippen molar-refractivity contribution in [1.82, 2.24) is 14.7 Å². The highest BCUT2D eigenvalue weighted by atomic mass is 19.4. The van der Waals surface area contributed by atoms with E-state index in [0.29, 0.717) is 18.7 Å². The predicted molar refractivity (Wildman–Crippen MR) is 103 cm³/mol. The molecule has 1 saturated heterocycles. The van der Waals surface area contributed by atoms with E-state index in [0.717, 1.165) is 23.6 Å². The van der Waals surface area contributed by atoms with Crippen molar-refractivity contribution < 1.29 is 32.6 Å². The zero-order valence-electron chi connectivity index (χ0n) is 16.8. The Balaban J connectivity index is 1.29. The van der Waals surface area contributed by atoms with Gasteiger partial charge in [0, 0.05) is 19.3 Å². The van der Waals surface area contributed by atoms with Crippen molar-refractivity contribution in [3.8, 4) is 0 Å². The Kier molecular flexibility index (Phi) is 5.50. The van der Waals surface area contributed by atoms with Crippen LogP contribution in [-0.4, -0.2) is 51.0 Å². The summed E-state index contributed by atoms with van der Waals surface area (Å²) in [6.07, 6.45) is -1.47. The second kappa shape index (κ2) is 7.99. The number of aromatic carboxylic acids is 1. The molecule has 1 saturated carbocycles. The van der Waals surface area contributed by atoms with E-state index in [1.165, 1.54) is 31.3 Å². The number of likely N-dealkylation sites (tertiary alicyclic amines) is 1. The second-order valence-corrected chi connectivity index (χ2v) is 8.21. The van der Waals surface area contributed by atoms with E-state index >= 15 is 0 Å². The molecule has 4 rings (SSSR count). The summed E-state index contributed by atoms with van der Waals surface area (Å²) in [7, 11) is 0. The number of carboxylic acids is 1. The SMILES string of the molecule is Cc1cc(COC2C[C@@H]3CN(C(=O)n4ccc(C(=O)O)n4)C[C@@H]3C2)ccc1C(F)(F)F. The van der Waals surface area contributed by atoms with Gasteiger partial charge in [-0.1, -0.05) is 12.1 Å². The first kappa shape index (κ1) is 21.4. The highest BCUT2D eigenvalue weighted by molar-refractivity contribution is 5.86. The van der Waals surface area contributed by atoms with Crippen molar-refractivity contribution in [1.29, 1.82) is 0 Å². The van der Waals surface area contributed by atoms with Crippen molar-refractivity contribution in [3.05, 3.63) is 52.8 Å². The summed E-state index contributed by atoms with van der Waals surface area (Å²) in [6.45, 7) is 2.78. The molecule has 2 heterocycles. The lowest BCUT2D eigenvalue weighted by molar-refractivity contribution is -0.138. The van der Waals surface area contributed by atoms with Crippen LogP contribution in [0.5, 0.6) is 0 Å². The molecule has 1 amide bonds. The molecule has 1 aliphatic carbocycles. The number of aryl methyl sites for hydroxylation is 1. The number of alkyl halides is 3. The lowest BCUT2D eigenvalue weighted by Gasteiger charge is -2.19. The third kappa shape index (κ3) is 4.43. The number of hydrogen-bond acceptors (Lipinski definition) is 4. The molecule has 0 radical (unpaired) electrons. The number of amides is 1. The van der Waals surface area contributed by atoms with Crippen molar-refractivity contribution in [2.45, 2.75) is 38.7 Å². The van der Waals surface area contributed by atoms with Gasteiger partial charge >= 0.3 is 18.2 Å². The quantitative estimate of drug-likeness (QED) is 0.787. The van der Waals surface area contributed by atoms with Crippen LogP contribution < -0.4 is 0 Å². The van der Waals surface area contributed by atoms with Gasteiger partial charge in [0.25, 0.3) is 0 Å². The Hall–Kier alpha value is -2.88. The summed E-state index contributed by atoms with van der Waals surface area (Å²) in [5.74, 6) is -0.635. The minimum absolute atomic E-state index is 0.00170. The fourth-order valence-corrected chi connectivity index (χ4v) is 4.57. The lowest BCUT2D eigenvalue weighted by atomic mass is 10.0. The number of nitrogens with zero attached hydrogens (tertiary/aromatic N) is 3. The van der Waals surface area contributed by atoms with E-state index in [1.807, 2.05) is 0 Å². The average molecular weight is 437 g/mol. The summed E-state index contributed by atoms with van der Waals surface area (Å²) in [5, 5.41) is 12.7. The van der Waals surface area contributed by atoms with Gasteiger partial charge in [0.05, 0.1) is 18.3 Å². The van der Waals surface area contributed by atoms with E-state index in [-0.39, 0.29) is 41.8 Å². The van der Waals surface area contributed by atoms with E-state index in [4.69, 9.17) is 9.84 Å². The van der Waals surface area contributed by atoms with Crippen molar-refractivity contribution >= 4 is 12.0 Å². The molecule has 31 heavy (non-hydrogen) atoms. The fourth-order valence-electron chi connectivity index (χ4n) is 4.57. The van der Waals surface area contributed by atoms with Gasteiger partial charge in [-0.3, -0.25) is 0 Å². The second-order valence-electron chi connectivity index (χ2n) is 8.21. The zero-order valence-corrected chi connectivity index (χ0v) is 16.8. The van der Waals surface area contributed by atoms with E-state index in [2.05, 4.69) is 5.10 Å². The zero-order chi connectivity index (χ0) is 22.3. The topological polar surface area (TPSA) is 84.7 Å². The molecule has 0 bridgehead atoms. The summed E-state index contributed by atoms with van der Waals surface area (Å²) in [5.41, 5.74) is 0.0618. The number of carboxylic acid groups (broad SMARTS) is 1. The Labute approximate surface area is 176 Å². The van der Waals surface area contributed by atoms with Gasteiger partial charge in [0.15, 0.2) is 5.69 Å². The Morgan fingerprint density at radius 1 is 1.19 bits per heavy atom. The molecule has 1 N–H and O–H groups in total. The standard InChI is InChI=1S/C21H22F3N3O4/c1-12-6-13(2-3-17(12)21(22,23)24)11-31-16-7-14-9-26(10-15(14)8-16)20(30)27-5-4-18(25-27)19(28)29/h2-6,14-16H,7-11H2,1H3,(H,28,29)/t14-,15+,16?. The Morgan fingerprint density at radius 3 is 2.42 bits per heavy atom. The molecule has 1 unspecified atom stereocenters. The molecule has 7 nitrogen and oxygen atoms in total. The minimum Gasteiger partial charge on any atom is -0.476 e. The summed E-state index contributed by atoms with van der Waals surface area (Å²) in [4.78, 5) is 25.2. The number of fused-ring (bicyclic) bond motifs is 1. The van der Waals surface area contributed by atoms with Crippen LogP contribution in [0, 0.1) is 18.8 Å². The first-order chi connectivity index (χ1) is 14.6. The number of rotatable bonds is 4. The van der Waals surface area contributed by atoms with Gasteiger partial charge in [0.1, 0.15) is 0 Å². The van der Waals surface area contributed by atoms with E-state index in [1.54, 1.807) is 4.90 Å². The van der Waals surface area contributed by atoms with Crippen molar-refractivity contribution in [2.24, 2.45) is 11.8 Å². The highest BCUT2D eigenvalue weighted by Crippen LogP contribution is 2.40. The summed E-state index contributed by atoms with van der Waals surface area (Å²) < 4.78 is 45.7. The van der Waals surface area contributed by atoms with Gasteiger partial charge in [0.2, 0.25) is 0 Å². The number of carbonyl (C=O) groups excluding carboxylic acids is 1. The van der Waals surface area contributed by atoms with Crippen LogP contribution in [0.3, 0.4) is 0 Å². The molecule has 1 aromatic carbocycles. The predicted octanol–water partition coefficient (Wildman–Crippen LogP) is 3.80. The number of carbonyl (C=O) groups is 2. The molecular formula is C21H22F3N3O4. The molecule has 3 atom stereocenters. The van der Waals surface area contributed by atoms with Gasteiger partial charge < -0.3 is 14.7 Å². The molecule has 2 fully saturated rings. The maximum Gasteiger partial charge on any atom is 0.416 e. The van der Waals surface area contributed by atoms with Crippen molar-refractivity contribution in [2.75, 3.05) is 13.1 Å². The average Bonchev–Trinajstić information content (AvgIpc) is 3.39. The first-order valence-electron chi connectivity index (χ1n) is 9.98. The van der Waals surface area contributed by atoms with Crippen LogP contribution in [0.4, 0.5) is 18.0 Å². The third-order valence-corrected chi connectivity index (χ3v) is 6.06. The maximum atomic E-state index is 12.9. The smallest absolute Gasteiger partial charge is 0.416 e. The van der Waals surface area contributed by atoms with Gasteiger partial charge in [-0.25, -0.2) is 9.59 Å². The van der Waals surface area contributed by atoms with Crippen molar-refractivity contribution in [3.63, 3.8) is 0 Å². The lowest BCUT2D eigenvalue weighted by Crippen LogP contribution is -2.34. The molecule has 2 aliphatic rings. The Morgan fingerprint density at radius 2 is 1.87 bits per heavy atom. The van der Waals surface area contributed by atoms with Crippen LogP contribution in [0.2, 0.25) is 0 Å². The highest BCUT2D eigenvalue weighted by Gasteiger charge is 2.43. The number of halogens is 3. The van der Waals surface area contributed by atoms with Crippen LogP contribution >= 0.6 is 0 Å². The molecule has 2 aromatic rings.